The summed E-state index contributed by atoms with van der Waals surface area (Å²) in [5.74, 6) is 1.83. The third kappa shape index (κ3) is 5.90. The standard InChI is InChI=1S/C13H17N3.C8H8Cl2/c1-2-3-11-6-7-16(10-11)13-5-4-12(8-14)9-15-13;1-2-6-3-4-7(9)5-8(6)10/h4-5,9,11H,2-3,6-7,10H2,1H3;3-5H,2H2,1H3/t11-;/m0./s1. The quantitative estimate of drug-likeness (QED) is 0.630. The second-order valence-electron chi connectivity index (χ2n) is 6.50. The van der Waals surface area contributed by atoms with Gasteiger partial charge in [0.25, 0.3) is 0 Å². The number of hydrogen-bond donors (Lipinski definition) is 0. The van der Waals surface area contributed by atoms with Crippen LogP contribution < -0.4 is 4.90 Å². The number of halogens is 2. The Morgan fingerprint density at radius 3 is 2.62 bits per heavy atom. The minimum Gasteiger partial charge on any atom is -0.356 e. The van der Waals surface area contributed by atoms with Crippen LogP contribution in [-0.4, -0.2) is 18.1 Å². The van der Waals surface area contributed by atoms with Crippen LogP contribution in [0.2, 0.25) is 10.0 Å². The van der Waals surface area contributed by atoms with Crippen molar-refractivity contribution in [2.24, 2.45) is 5.92 Å². The van der Waals surface area contributed by atoms with Crippen LogP contribution in [0.25, 0.3) is 0 Å². The van der Waals surface area contributed by atoms with Crippen molar-refractivity contribution in [3.05, 3.63) is 57.7 Å². The number of hydrogen-bond acceptors (Lipinski definition) is 3. The van der Waals surface area contributed by atoms with E-state index >= 15 is 0 Å². The molecule has 0 N–H and O–H groups in total. The summed E-state index contributed by atoms with van der Waals surface area (Å²) in [7, 11) is 0. The summed E-state index contributed by atoms with van der Waals surface area (Å²) < 4.78 is 0. The van der Waals surface area contributed by atoms with Crippen LogP contribution in [0.5, 0.6) is 0 Å². The summed E-state index contributed by atoms with van der Waals surface area (Å²) in [5, 5.41) is 10.2. The summed E-state index contributed by atoms with van der Waals surface area (Å²) in [6.45, 7) is 6.52. The number of aryl methyl sites for hydroxylation is 1. The molecule has 2 aromatic rings. The number of anilines is 1. The summed E-state index contributed by atoms with van der Waals surface area (Å²) >= 11 is 11.5. The highest BCUT2D eigenvalue weighted by atomic mass is 35.5. The zero-order chi connectivity index (χ0) is 18.9. The summed E-state index contributed by atoms with van der Waals surface area (Å²) in [6, 6.07) is 11.5. The van der Waals surface area contributed by atoms with Crippen molar-refractivity contribution < 1.29 is 0 Å². The van der Waals surface area contributed by atoms with E-state index in [2.05, 4.69) is 29.8 Å². The Morgan fingerprint density at radius 2 is 2.04 bits per heavy atom. The molecule has 0 radical (unpaired) electrons. The highest BCUT2D eigenvalue weighted by Gasteiger charge is 2.22. The normalized spacial score (nSPS) is 16.0. The molecular weight excluding hydrogens is 365 g/mol. The predicted octanol–water partition coefficient (Wildman–Crippen LogP) is 6.14. The van der Waals surface area contributed by atoms with E-state index in [0.29, 0.717) is 10.6 Å². The monoisotopic (exact) mass is 389 g/mol. The highest BCUT2D eigenvalue weighted by Crippen LogP contribution is 2.25. The van der Waals surface area contributed by atoms with E-state index in [1.54, 1.807) is 12.3 Å². The molecule has 1 aromatic carbocycles. The molecule has 0 amide bonds. The van der Waals surface area contributed by atoms with Crippen LogP contribution in [0.4, 0.5) is 5.82 Å². The fourth-order valence-corrected chi connectivity index (χ4v) is 3.67. The molecule has 0 unspecified atom stereocenters. The van der Waals surface area contributed by atoms with Crippen LogP contribution >= 0.6 is 23.2 Å². The Labute approximate surface area is 166 Å². The number of rotatable bonds is 4. The SMILES string of the molecule is CCC[C@H]1CCN(c2ccc(C#N)cn2)C1.CCc1ccc(Cl)cc1Cl. The smallest absolute Gasteiger partial charge is 0.128 e. The summed E-state index contributed by atoms with van der Waals surface area (Å²) in [5.41, 5.74) is 1.78. The number of nitrogens with zero attached hydrogens (tertiary/aromatic N) is 3. The second kappa shape index (κ2) is 10.4. The van der Waals surface area contributed by atoms with Gasteiger partial charge in [-0.15, -0.1) is 0 Å². The Balaban J connectivity index is 0.000000209. The van der Waals surface area contributed by atoms with E-state index in [4.69, 9.17) is 28.5 Å². The molecule has 0 spiro atoms. The fourth-order valence-electron chi connectivity index (χ4n) is 3.13. The zero-order valence-corrected chi connectivity index (χ0v) is 16.9. The molecule has 2 heterocycles. The number of nitriles is 1. The molecule has 0 saturated carbocycles. The molecule has 1 atom stereocenters. The van der Waals surface area contributed by atoms with Gasteiger partial charge in [0.05, 0.1) is 5.56 Å². The minimum absolute atomic E-state index is 0.632. The Kier molecular flexibility index (Phi) is 8.22. The van der Waals surface area contributed by atoms with Crippen LogP contribution in [0.15, 0.2) is 36.5 Å². The first-order valence-corrected chi connectivity index (χ1v) is 9.88. The van der Waals surface area contributed by atoms with Gasteiger partial charge in [-0.25, -0.2) is 4.98 Å². The Bertz CT molecular complexity index is 738. The van der Waals surface area contributed by atoms with Crippen molar-refractivity contribution in [3.63, 3.8) is 0 Å². The Hall–Kier alpha value is -1.76. The first-order valence-electron chi connectivity index (χ1n) is 9.12. The fraction of sp³-hybridized carbons (Fsp3) is 0.429. The highest BCUT2D eigenvalue weighted by molar-refractivity contribution is 6.35. The van der Waals surface area contributed by atoms with Gasteiger partial charge in [0, 0.05) is 29.3 Å². The molecule has 1 aliphatic heterocycles. The van der Waals surface area contributed by atoms with Gasteiger partial charge in [-0.05, 0) is 55.0 Å². The molecule has 1 aromatic heterocycles. The molecule has 0 aliphatic carbocycles. The van der Waals surface area contributed by atoms with Crippen molar-refractivity contribution in [2.45, 2.75) is 39.5 Å². The number of benzene rings is 1. The predicted molar refractivity (Wildman–Crippen MR) is 110 cm³/mol. The molecule has 1 aliphatic rings. The van der Waals surface area contributed by atoms with Crippen molar-refractivity contribution >= 4 is 29.0 Å². The number of pyridine rings is 1. The van der Waals surface area contributed by atoms with E-state index in [1.165, 1.54) is 19.3 Å². The van der Waals surface area contributed by atoms with Crippen LogP contribution in [0.1, 0.15) is 44.2 Å². The van der Waals surface area contributed by atoms with Crippen LogP contribution in [0.3, 0.4) is 0 Å². The van der Waals surface area contributed by atoms with Gasteiger partial charge in [0.15, 0.2) is 0 Å². The molecule has 1 saturated heterocycles. The maximum absolute atomic E-state index is 8.70. The van der Waals surface area contributed by atoms with E-state index in [-0.39, 0.29) is 0 Å². The van der Waals surface area contributed by atoms with E-state index in [1.807, 2.05) is 24.3 Å². The lowest BCUT2D eigenvalue weighted by Gasteiger charge is -2.17. The van der Waals surface area contributed by atoms with Crippen molar-refractivity contribution in [1.82, 2.24) is 4.98 Å². The average molecular weight is 390 g/mol. The lowest BCUT2D eigenvalue weighted by Crippen LogP contribution is -2.20. The maximum atomic E-state index is 8.70. The molecule has 138 valence electrons. The molecule has 0 bridgehead atoms. The van der Waals surface area contributed by atoms with Gasteiger partial charge in [-0.1, -0.05) is 49.5 Å². The largest absolute Gasteiger partial charge is 0.356 e. The first kappa shape index (κ1) is 20.6. The first-order chi connectivity index (χ1) is 12.6. The molecule has 3 rings (SSSR count). The van der Waals surface area contributed by atoms with Gasteiger partial charge in [0.1, 0.15) is 11.9 Å². The second-order valence-corrected chi connectivity index (χ2v) is 7.34. The lowest BCUT2D eigenvalue weighted by molar-refractivity contribution is 0.529. The maximum Gasteiger partial charge on any atom is 0.128 e. The molecule has 1 fully saturated rings. The zero-order valence-electron chi connectivity index (χ0n) is 15.4. The molecule has 5 heteroatoms. The molecule has 3 nitrogen and oxygen atoms in total. The van der Waals surface area contributed by atoms with Gasteiger partial charge in [-0.2, -0.15) is 5.26 Å². The Morgan fingerprint density at radius 1 is 1.23 bits per heavy atom. The molecule has 26 heavy (non-hydrogen) atoms. The summed E-state index contributed by atoms with van der Waals surface area (Å²) in [4.78, 5) is 6.65. The summed E-state index contributed by atoms with van der Waals surface area (Å²) in [6.07, 6.45) is 6.46. The van der Waals surface area contributed by atoms with Crippen LogP contribution in [0, 0.1) is 17.2 Å². The van der Waals surface area contributed by atoms with E-state index in [0.717, 1.165) is 41.8 Å². The van der Waals surface area contributed by atoms with E-state index < -0.39 is 0 Å². The van der Waals surface area contributed by atoms with Gasteiger partial charge in [0.2, 0.25) is 0 Å². The van der Waals surface area contributed by atoms with Gasteiger partial charge >= 0.3 is 0 Å². The molecular formula is C21H25Cl2N3. The van der Waals surface area contributed by atoms with Crippen molar-refractivity contribution in [2.75, 3.05) is 18.0 Å². The van der Waals surface area contributed by atoms with Gasteiger partial charge < -0.3 is 4.90 Å². The lowest BCUT2D eigenvalue weighted by atomic mass is 10.0. The third-order valence-electron chi connectivity index (χ3n) is 4.58. The minimum atomic E-state index is 0.632. The van der Waals surface area contributed by atoms with E-state index in [9.17, 15) is 0 Å². The van der Waals surface area contributed by atoms with Crippen molar-refractivity contribution in [1.29, 1.82) is 5.26 Å². The van der Waals surface area contributed by atoms with Crippen LogP contribution in [-0.2, 0) is 6.42 Å². The van der Waals surface area contributed by atoms with Crippen molar-refractivity contribution in [3.8, 4) is 6.07 Å². The topological polar surface area (TPSA) is 39.9 Å². The average Bonchev–Trinajstić information content (AvgIpc) is 3.11. The van der Waals surface area contributed by atoms with Gasteiger partial charge in [-0.3, -0.25) is 0 Å². The third-order valence-corrected chi connectivity index (χ3v) is 5.17. The number of aromatic nitrogens is 1.